The van der Waals surface area contributed by atoms with Gasteiger partial charge < -0.3 is 5.32 Å². The molecule has 1 aromatic carbocycles. The molecule has 72 valence electrons. The molecule has 14 heavy (non-hydrogen) atoms. The zero-order valence-corrected chi connectivity index (χ0v) is 8.10. The fourth-order valence-electron chi connectivity index (χ4n) is 1.45. The number of carbonyl (C=O) groups is 2. The molecule has 0 aliphatic carbocycles. The van der Waals surface area contributed by atoms with E-state index in [-0.39, 0.29) is 0 Å². The average Bonchev–Trinajstić information content (AvgIpc) is 2.45. The molecule has 1 N–H and O–H groups in total. The van der Waals surface area contributed by atoms with Crippen molar-refractivity contribution in [2.45, 2.75) is 6.42 Å². The number of anilines is 1. The van der Waals surface area contributed by atoms with Gasteiger partial charge in [0, 0.05) is 5.88 Å². The third-order valence-corrected chi connectivity index (χ3v) is 2.36. The summed E-state index contributed by atoms with van der Waals surface area (Å²) in [6.07, 6.45) is 0.705. The number of hydrogen-bond acceptors (Lipinski definition) is 2. The Labute approximate surface area is 86.1 Å². The van der Waals surface area contributed by atoms with Crippen molar-refractivity contribution in [1.29, 1.82) is 0 Å². The Kier molecular flexibility index (Phi) is 2.25. The molecule has 0 spiro atoms. The lowest BCUT2D eigenvalue weighted by atomic mass is 10.1. The molecular formula is C10H8ClNO2. The molecule has 0 unspecified atom stereocenters. The highest BCUT2D eigenvalue weighted by Gasteiger charge is 2.27. The minimum atomic E-state index is -0.553. The summed E-state index contributed by atoms with van der Waals surface area (Å²) in [5.74, 6) is -0.506. The summed E-state index contributed by atoms with van der Waals surface area (Å²) in [4.78, 5) is 22.3. The maximum absolute atomic E-state index is 11.3. The van der Waals surface area contributed by atoms with Crippen LogP contribution in [-0.2, 0) is 11.2 Å². The van der Waals surface area contributed by atoms with Crippen molar-refractivity contribution in [2.24, 2.45) is 0 Å². The molecule has 0 saturated heterocycles. The van der Waals surface area contributed by atoms with Gasteiger partial charge in [-0.3, -0.25) is 9.59 Å². The highest BCUT2D eigenvalue weighted by atomic mass is 35.5. The highest BCUT2D eigenvalue weighted by Crippen LogP contribution is 2.24. The molecular weight excluding hydrogens is 202 g/mol. The number of ketones is 1. The van der Waals surface area contributed by atoms with E-state index in [4.69, 9.17) is 11.6 Å². The summed E-state index contributed by atoms with van der Waals surface area (Å²) >= 11 is 5.58. The number of carbonyl (C=O) groups excluding carboxylic acids is 2. The number of rotatable bonds is 2. The Morgan fingerprint density at radius 2 is 2.07 bits per heavy atom. The zero-order chi connectivity index (χ0) is 10.1. The summed E-state index contributed by atoms with van der Waals surface area (Å²) in [5.41, 5.74) is 2.03. The van der Waals surface area contributed by atoms with Crippen LogP contribution in [0, 0.1) is 0 Å². The third kappa shape index (κ3) is 1.40. The fraction of sp³-hybridized carbons (Fsp3) is 0.200. The Balaban J connectivity index is 2.41. The first-order valence-corrected chi connectivity index (χ1v) is 4.80. The summed E-state index contributed by atoms with van der Waals surface area (Å²) in [6.45, 7) is 0. The average molecular weight is 210 g/mol. The number of benzene rings is 1. The van der Waals surface area contributed by atoms with Crippen molar-refractivity contribution in [2.75, 3.05) is 11.2 Å². The Morgan fingerprint density at radius 3 is 2.79 bits per heavy atom. The van der Waals surface area contributed by atoms with Crippen molar-refractivity contribution in [3.63, 3.8) is 0 Å². The quantitative estimate of drug-likeness (QED) is 0.594. The number of hydrogen-bond donors (Lipinski definition) is 1. The van der Waals surface area contributed by atoms with Gasteiger partial charge in [-0.05, 0) is 24.1 Å². The topological polar surface area (TPSA) is 46.2 Å². The normalized spacial score (nSPS) is 14.1. The van der Waals surface area contributed by atoms with Crippen LogP contribution < -0.4 is 5.32 Å². The fourth-order valence-corrected chi connectivity index (χ4v) is 1.67. The molecule has 3 nitrogen and oxygen atoms in total. The van der Waals surface area contributed by atoms with Gasteiger partial charge in [-0.15, -0.1) is 11.6 Å². The standard InChI is InChI=1S/C10H8ClNO2/c11-4-3-6-1-2-8-7(5-6)9(13)10(14)12-8/h1-2,5H,3-4H2,(H,12,13,14). The summed E-state index contributed by atoms with van der Waals surface area (Å²) in [5, 5.41) is 2.50. The van der Waals surface area contributed by atoms with E-state index in [0.717, 1.165) is 5.56 Å². The second-order valence-electron chi connectivity index (χ2n) is 3.10. The van der Waals surface area contributed by atoms with Crippen molar-refractivity contribution in [3.05, 3.63) is 29.3 Å². The van der Waals surface area contributed by atoms with Crippen LogP contribution in [0.3, 0.4) is 0 Å². The van der Waals surface area contributed by atoms with Crippen molar-refractivity contribution in [1.82, 2.24) is 0 Å². The van der Waals surface area contributed by atoms with Crippen LogP contribution >= 0.6 is 11.6 Å². The number of fused-ring (bicyclic) bond motifs is 1. The maximum Gasteiger partial charge on any atom is 0.296 e. The maximum atomic E-state index is 11.3. The van der Waals surface area contributed by atoms with E-state index >= 15 is 0 Å². The molecule has 1 amide bonds. The SMILES string of the molecule is O=C1Nc2ccc(CCCl)cc2C1=O. The number of alkyl halides is 1. The van der Waals surface area contributed by atoms with E-state index in [1.807, 2.05) is 6.07 Å². The van der Waals surface area contributed by atoms with E-state index in [1.54, 1.807) is 12.1 Å². The van der Waals surface area contributed by atoms with E-state index in [2.05, 4.69) is 5.32 Å². The molecule has 1 aliphatic heterocycles. The van der Waals surface area contributed by atoms with Crippen LogP contribution in [0.25, 0.3) is 0 Å². The van der Waals surface area contributed by atoms with Gasteiger partial charge in [-0.1, -0.05) is 6.07 Å². The molecule has 0 bridgehead atoms. The van der Waals surface area contributed by atoms with E-state index in [0.29, 0.717) is 23.6 Å². The first-order valence-electron chi connectivity index (χ1n) is 4.27. The Bertz CT molecular complexity index is 415. The molecule has 4 heteroatoms. The van der Waals surface area contributed by atoms with Crippen LogP contribution in [0.4, 0.5) is 5.69 Å². The minimum Gasteiger partial charge on any atom is -0.318 e. The van der Waals surface area contributed by atoms with Crippen LogP contribution in [0.1, 0.15) is 15.9 Å². The van der Waals surface area contributed by atoms with E-state index in [9.17, 15) is 9.59 Å². The van der Waals surface area contributed by atoms with Crippen LogP contribution in [0.15, 0.2) is 18.2 Å². The molecule has 0 radical (unpaired) electrons. The molecule has 0 aromatic heterocycles. The predicted octanol–water partition coefficient (Wildman–Crippen LogP) is 1.60. The van der Waals surface area contributed by atoms with Crippen molar-refractivity contribution < 1.29 is 9.59 Å². The highest BCUT2D eigenvalue weighted by molar-refractivity contribution is 6.51. The zero-order valence-electron chi connectivity index (χ0n) is 7.34. The monoisotopic (exact) mass is 209 g/mol. The molecule has 1 aliphatic rings. The number of halogens is 1. The first-order chi connectivity index (χ1) is 6.72. The van der Waals surface area contributed by atoms with Crippen LogP contribution in [0.2, 0.25) is 0 Å². The van der Waals surface area contributed by atoms with Gasteiger partial charge in [-0.2, -0.15) is 0 Å². The van der Waals surface area contributed by atoms with Gasteiger partial charge in [0.1, 0.15) is 0 Å². The summed E-state index contributed by atoms with van der Waals surface area (Å²) in [6, 6.07) is 5.32. The molecule has 0 fully saturated rings. The van der Waals surface area contributed by atoms with Gasteiger partial charge >= 0.3 is 0 Å². The molecule has 0 saturated carbocycles. The van der Waals surface area contributed by atoms with Crippen molar-refractivity contribution >= 4 is 29.0 Å². The number of aryl methyl sites for hydroxylation is 1. The number of amides is 1. The van der Waals surface area contributed by atoms with E-state index in [1.165, 1.54) is 0 Å². The lowest BCUT2D eigenvalue weighted by Gasteiger charge is -2.00. The first kappa shape index (κ1) is 9.21. The summed E-state index contributed by atoms with van der Waals surface area (Å²) in [7, 11) is 0. The molecule has 1 aromatic rings. The van der Waals surface area contributed by atoms with Crippen molar-refractivity contribution in [3.8, 4) is 0 Å². The number of Topliss-reactive ketones (excluding diaryl/α,β-unsaturated/α-hetero) is 1. The number of nitrogens with one attached hydrogen (secondary N) is 1. The molecule has 0 atom stereocenters. The van der Waals surface area contributed by atoms with Crippen LogP contribution in [-0.4, -0.2) is 17.6 Å². The second-order valence-corrected chi connectivity index (χ2v) is 3.48. The smallest absolute Gasteiger partial charge is 0.296 e. The van der Waals surface area contributed by atoms with Gasteiger partial charge in [0.05, 0.1) is 11.3 Å². The Hall–Kier alpha value is -1.35. The second kappa shape index (κ2) is 3.42. The third-order valence-electron chi connectivity index (χ3n) is 2.17. The van der Waals surface area contributed by atoms with Gasteiger partial charge in [0.2, 0.25) is 0 Å². The minimum absolute atomic E-state index is 0.456. The van der Waals surface area contributed by atoms with E-state index < -0.39 is 11.7 Å². The van der Waals surface area contributed by atoms with Gasteiger partial charge in [0.15, 0.2) is 0 Å². The Morgan fingerprint density at radius 1 is 1.29 bits per heavy atom. The predicted molar refractivity (Wildman–Crippen MR) is 53.8 cm³/mol. The largest absolute Gasteiger partial charge is 0.318 e. The van der Waals surface area contributed by atoms with Gasteiger partial charge in [-0.25, -0.2) is 0 Å². The van der Waals surface area contributed by atoms with Crippen LogP contribution in [0.5, 0.6) is 0 Å². The lowest BCUT2D eigenvalue weighted by Crippen LogP contribution is -2.12. The van der Waals surface area contributed by atoms with Gasteiger partial charge in [0.25, 0.3) is 11.7 Å². The lowest BCUT2D eigenvalue weighted by molar-refractivity contribution is -0.112. The summed E-state index contributed by atoms with van der Waals surface area (Å²) < 4.78 is 0. The molecule has 1 heterocycles. The molecule has 2 rings (SSSR count).